The Morgan fingerprint density at radius 3 is 2.95 bits per heavy atom. The number of ether oxygens (including phenoxy) is 1. The zero-order valence-electron chi connectivity index (χ0n) is 12.2. The Morgan fingerprint density at radius 1 is 1.37 bits per heavy atom. The minimum absolute atomic E-state index is 0.508. The second-order valence-electron chi connectivity index (χ2n) is 5.87. The molecule has 2 atom stereocenters. The van der Waals surface area contributed by atoms with E-state index in [1.54, 1.807) is 0 Å². The first-order valence-corrected chi connectivity index (χ1v) is 7.57. The highest BCUT2D eigenvalue weighted by molar-refractivity contribution is 4.89. The first-order chi connectivity index (χ1) is 9.27. The van der Waals surface area contributed by atoms with Gasteiger partial charge in [-0.1, -0.05) is 26.7 Å². The lowest BCUT2D eigenvalue weighted by Crippen LogP contribution is -2.41. The molecule has 1 N–H and O–H groups in total. The van der Waals surface area contributed by atoms with Crippen molar-refractivity contribution in [3.05, 3.63) is 18.5 Å². The Kier molecular flexibility index (Phi) is 5.86. The second-order valence-corrected chi connectivity index (χ2v) is 5.87. The quantitative estimate of drug-likeness (QED) is 0.770. The summed E-state index contributed by atoms with van der Waals surface area (Å²) in [5.41, 5.74) is 0. The predicted octanol–water partition coefficient (Wildman–Crippen LogP) is 2.63. The van der Waals surface area contributed by atoms with Gasteiger partial charge in [0.1, 0.15) is 0 Å². The van der Waals surface area contributed by atoms with Crippen molar-refractivity contribution in [3.63, 3.8) is 0 Å². The summed E-state index contributed by atoms with van der Waals surface area (Å²) in [4.78, 5) is 0. The van der Waals surface area contributed by atoms with E-state index in [1.807, 2.05) is 12.3 Å². The lowest BCUT2D eigenvalue weighted by Gasteiger charge is -2.32. The summed E-state index contributed by atoms with van der Waals surface area (Å²) >= 11 is 0. The molecule has 0 spiro atoms. The van der Waals surface area contributed by atoms with Crippen molar-refractivity contribution >= 4 is 0 Å². The number of rotatable bonds is 7. The van der Waals surface area contributed by atoms with Crippen molar-refractivity contribution in [1.82, 2.24) is 15.1 Å². The highest BCUT2D eigenvalue weighted by Crippen LogP contribution is 2.27. The summed E-state index contributed by atoms with van der Waals surface area (Å²) < 4.78 is 7.74. The predicted molar refractivity (Wildman–Crippen MR) is 77.2 cm³/mol. The normalized spacial score (nSPS) is 23.9. The number of hydrogen-bond donors (Lipinski definition) is 1. The Morgan fingerprint density at radius 2 is 2.21 bits per heavy atom. The molecule has 4 nitrogen and oxygen atoms in total. The van der Waals surface area contributed by atoms with Crippen molar-refractivity contribution in [3.8, 4) is 0 Å². The van der Waals surface area contributed by atoms with E-state index in [4.69, 9.17) is 4.74 Å². The molecule has 108 valence electrons. The van der Waals surface area contributed by atoms with Crippen LogP contribution in [0.25, 0.3) is 0 Å². The molecule has 1 aliphatic carbocycles. The van der Waals surface area contributed by atoms with E-state index in [9.17, 15) is 0 Å². The standard InChI is InChI=1S/C15H27N3O/c1-13(2)12-19-11-9-16-14-6-3-4-7-15(14)18-10-5-8-17-18/h5,8,10,13-16H,3-4,6-7,9,11-12H2,1-2H3. The lowest BCUT2D eigenvalue weighted by molar-refractivity contribution is 0.106. The van der Waals surface area contributed by atoms with Gasteiger partial charge in [-0.3, -0.25) is 4.68 Å². The van der Waals surface area contributed by atoms with Gasteiger partial charge in [0, 0.05) is 31.6 Å². The van der Waals surface area contributed by atoms with Crippen LogP contribution < -0.4 is 5.32 Å². The molecule has 0 amide bonds. The van der Waals surface area contributed by atoms with Crippen LogP contribution >= 0.6 is 0 Å². The van der Waals surface area contributed by atoms with E-state index in [-0.39, 0.29) is 0 Å². The van der Waals surface area contributed by atoms with E-state index in [2.05, 4.69) is 35.1 Å². The summed E-state index contributed by atoms with van der Waals surface area (Å²) in [6.07, 6.45) is 9.06. The van der Waals surface area contributed by atoms with Gasteiger partial charge in [0.15, 0.2) is 0 Å². The van der Waals surface area contributed by atoms with Crippen molar-refractivity contribution < 1.29 is 4.74 Å². The number of nitrogens with zero attached hydrogens (tertiary/aromatic N) is 2. The van der Waals surface area contributed by atoms with Gasteiger partial charge in [0.05, 0.1) is 12.6 Å². The molecule has 1 aromatic rings. The fourth-order valence-corrected chi connectivity index (χ4v) is 2.78. The molecule has 0 saturated heterocycles. The third kappa shape index (κ3) is 4.62. The fourth-order valence-electron chi connectivity index (χ4n) is 2.78. The number of aromatic nitrogens is 2. The Labute approximate surface area is 116 Å². The van der Waals surface area contributed by atoms with Gasteiger partial charge in [-0.15, -0.1) is 0 Å². The van der Waals surface area contributed by atoms with Crippen LogP contribution in [0, 0.1) is 5.92 Å². The second kappa shape index (κ2) is 7.65. The van der Waals surface area contributed by atoms with Crippen molar-refractivity contribution in [2.75, 3.05) is 19.8 Å². The third-order valence-electron chi connectivity index (χ3n) is 3.70. The highest BCUT2D eigenvalue weighted by atomic mass is 16.5. The zero-order chi connectivity index (χ0) is 13.5. The smallest absolute Gasteiger partial charge is 0.0672 e. The van der Waals surface area contributed by atoms with Crippen LogP contribution in [0.15, 0.2) is 18.5 Å². The molecule has 1 saturated carbocycles. The number of hydrogen-bond acceptors (Lipinski definition) is 3. The van der Waals surface area contributed by atoms with Gasteiger partial charge in [0.25, 0.3) is 0 Å². The third-order valence-corrected chi connectivity index (χ3v) is 3.70. The minimum Gasteiger partial charge on any atom is -0.380 e. The zero-order valence-corrected chi connectivity index (χ0v) is 12.2. The van der Waals surface area contributed by atoms with Gasteiger partial charge in [-0.05, 0) is 24.8 Å². The average Bonchev–Trinajstić information content (AvgIpc) is 2.92. The maximum absolute atomic E-state index is 5.63. The maximum Gasteiger partial charge on any atom is 0.0672 e. The summed E-state index contributed by atoms with van der Waals surface area (Å²) in [6.45, 7) is 6.97. The average molecular weight is 265 g/mol. The molecular formula is C15H27N3O. The van der Waals surface area contributed by atoms with E-state index < -0.39 is 0 Å². The van der Waals surface area contributed by atoms with E-state index in [0.29, 0.717) is 18.0 Å². The summed E-state index contributed by atoms with van der Waals surface area (Å²) in [5, 5.41) is 8.05. The molecule has 19 heavy (non-hydrogen) atoms. The maximum atomic E-state index is 5.63. The van der Waals surface area contributed by atoms with Crippen LogP contribution in [0.2, 0.25) is 0 Å². The van der Waals surface area contributed by atoms with Gasteiger partial charge < -0.3 is 10.1 Å². The van der Waals surface area contributed by atoms with Crippen LogP contribution in [-0.4, -0.2) is 35.6 Å². The first kappa shape index (κ1) is 14.5. The topological polar surface area (TPSA) is 39.1 Å². The molecular weight excluding hydrogens is 238 g/mol. The van der Waals surface area contributed by atoms with Gasteiger partial charge in [-0.2, -0.15) is 5.10 Å². The molecule has 2 unspecified atom stereocenters. The van der Waals surface area contributed by atoms with Crippen molar-refractivity contribution in [2.24, 2.45) is 5.92 Å². The van der Waals surface area contributed by atoms with Crippen molar-refractivity contribution in [1.29, 1.82) is 0 Å². The van der Waals surface area contributed by atoms with Crippen LogP contribution in [0.1, 0.15) is 45.6 Å². The summed E-state index contributed by atoms with van der Waals surface area (Å²) in [7, 11) is 0. The lowest BCUT2D eigenvalue weighted by atomic mass is 9.90. The van der Waals surface area contributed by atoms with Gasteiger partial charge >= 0.3 is 0 Å². The molecule has 4 heteroatoms. The monoisotopic (exact) mass is 265 g/mol. The van der Waals surface area contributed by atoms with Gasteiger partial charge in [0.2, 0.25) is 0 Å². The molecule has 0 aliphatic heterocycles. The number of nitrogens with one attached hydrogen (secondary N) is 1. The molecule has 1 aromatic heterocycles. The summed E-state index contributed by atoms with van der Waals surface area (Å²) in [6, 6.07) is 3.06. The van der Waals surface area contributed by atoms with Crippen LogP contribution in [0.3, 0.4) is 0 Å². The van der Waals surface area contributed by atoms with Crippen LogP contribution in [0.5, 0.6) is 0 Å². The highest BCUT2D eigenvalue weighted by Gasteiger charge is 2.26. The van der Waals surface area contributed by atoms with Crippen LogP contribution in [0.4, 0.5) is 0 Å². The summed E-state index contributed by atoms with van der Waals surface area (Å²) in [5.74, 6) is 0.617. The Balaban J connectivity index is 1.74. The molecule has 0 aromatic carbocycles. The molecule has 0 radical (unpaired) electrons. The largest absolute Gasteiger partial charge is 0.380 e. The Bertz CT molecular complexity index is 337. The minimum atomic E-state index is 0.508. The Hall–Kier alpha value is -0.870. The SMILES string of the molecule is CC(C)COCCNC1CCCCC1n1cccn1. The molecule has 2 rings (SSSR count). The molecule has 0 bridgehead atoms. The van der Waals surface area contributed by atoms with E-state index in [0.717, 1.165) is 19.8 Å². The van der Waals surface area contributed by atoms with Gasteiger partial charge in [-0.25, -0.2) is 0 Å². The molecule has 1 heterocycles. The van der Waals surface area contributed by atoms with E-state index >= 15 is 0 Å². The van der Waals surface area contributed by atoms with E-state index in [1.165, 1.54) is 25.7 Å². The fraction of sp³-hybridized carbons (Fsp3) is 0.800. The van der Waals surface area contributed by atoms with Crippen LogP contribution in [-0.2, 0) is 4.74 Å². The molecule has 1 fully saturated rings. The first-order valence-electron chi connectivity index (χ1n) is 7.57. The van der Waals surface area contributed by atoms with Crippen molar-refractivity contribution in [2.45, 2.75) is 51.6 Å². The molecule has 1 aliphatic rings.